The third kappa shape index (κ3) is 2.71. The van der Waals surface area contributed by atoms with Crippen molar-refractivity contribution >= 4 is 27.2 Å². The van der Waals surface area contributed by atoms with E-state index in [0.29, 0.717) is 28.1 Å². The van der Waals surface area contributed by atoms with E-state index in [0.717, 1.165) is 15.9 Å². The van der Waals surface area contributed by atoms with E-state index < -0.39 is 5.69 Å². The van der Waals surface area contributed by atoms with Crippen LogP contribution in [-0.2, 0) is 13.6 Å². The Balaban J connectivity index is 2.13. The molecule has 0 fully saturated rings. The van der Waals surface area contributed by atoms with Crippen LogP contribution in [0.4, 0.5) is 5.69 Å². The lowest BCUT2D eigenvalue weighted by Gasteiger charge is -2.29. The van der Waals surface area contributed by atoms with E-state index in [1.807, 2.05) is 24.3 Å². The fourth-order valence-corrected chi connectivity index (χ4v) is 3.18. The molecule has 1 aromatic carbocycles. The number of methoxy groups -OCH3 is 1. The molecule has 24 heavy (non-hydrogen) atoms. The summed E-state index contributed by atoms with van der Waals surface area (Å²) >= 11 is 3.49. The van der Waals surface area contributed by atoms with Crippen LogP contribution in [0.15, 0.2) is 51.1 Å². The molecule has 2 heterocycles. The van der Waals surface area contributed by atoms with Crippen LogP contribution in [0.5, 0.6) is 5.75 Å². The van der Waals surface area contributed by atoms with Crippen LogP contribution >= 0.6 is 15.9 Å². The Morgan fingerprint density at radius 1 is 1.33 bits per heavy atom. The lowest BCUT2D eigenvalue weighted by atomic mass is 10.1. The van der Waals surface area contributed by atoms with E-state index in [-0.39, 0.29) is 5.56 Å². The highest BCUT2D eigenvalue weighted by atomic mass is 79.9. The average Bonchev–Trinajstić information content (AvgIpc) is 2.57. The minimum atomic E-state index is -0.465. The number of nitrogens with zero attached hydrogens (tertiary/aromatic N) is 2. The van der Waals surface area contributed by atoms with Crippen molar-refractivity contribution < 1.29 is 4.74 Å². The number of H-pyrrole nitrogens is 1. The van der Waals surface area contributed by atoms with Crippen LogP contribution in [-0.4, -0.2) is 16.7 Å². The third-order valence-electron chi connectivity index (χ3n) is 3.90. The van der Waals surface area contributed by atoms with Gasteiger partial charge in [-0.2, -0.15) is 0 Å². The first-order chi connectivity index (χ1) is 11.4. The fourth-order valence-electron chi connectivity index (χ4n) is 2.60. The summed E-state index contributed by atoms with van der Waals surface area (Å²) in [4.78, 5) is 29.0. The van der Waals surface area contributed by atoms with Gasteiger partial charge in [0.05, 0.1) is 17.4 Å². The molecule has 7 heteroatoms. The maximum atomic E-state index is 12.6. The number of fused-ring (bicyclic) bond motifs is 1. The Morgan fingerprint density at radius 3 is 2.79 bits per heavy atom. The standard InChI is InChI=1S/C17H16BrN3O3/c1-10-7-13(18)21(9-11-5-4-6-12(8-11)24-3)15-14(10)19-17(23)20(2)16(15)22/h4-8H,1,9H2,2-3H3,(H,19,23). The normalized spacial score (nSPS) is 13.5. The molecule has 1 aliphatic rings. The monoisotopic (exact) mass is 389 g/mol. The van der Waals surface area contributed by atoms with Gasteiger partial charge in [-0.3, -0.25) is 9.36 Å². The molecule has 1 aromatic heterocycles. The predicted molar refractivity (Wildman–Crippen MR) is 97.5 cm³/mol. The van der Waals surface area contributed by atoms with Crippen molar-refractivity contribution in [1.82, 2.24) is 9.55 Å². The number of rotatable bonds is 3. The molecule has 0 unspecified atom stereocenters. The van der Waals surface area contributed by atoms with E-state index in [9.17, 15) is 9.59 Å². The molecule has 0 aliphatic carbocycles. The van der Waals surface area contributed by atoms with Crippen molar-refractivity contribution in [2.24, 2.45) is 7.05 Å². The summed E-state index contributed by atoms with van der Waals surface area (Å²) in [5.41, 5.74) is 1.53. The van der Waals surface area contributed by atoms with Crippen molar-refractivity contribution in [3.05, 3.63) is 73.6 Å². The summed E-state index contributed by atoms with van der Waals surface area (Å²) in [7, 11) is 3.05. The van der Waals surface area contributed by atoms with Gasteiger partial charge < -0.3 is 14.6 Å². The molecule has 0 atom stereocenters. The number of hydrogen-bond acceptors (Lipinski definition) is 4. The van der Waals surface area contributed by atoms with Gasteiger partial charge in [-0.1, -0.05) is 18.7 Å². The van der Waals surface area contributed by atoms with Gasteiger partial charge in [0.2, 0.25) is 0 Å². The highest BCUT2D eigenvalue weighted by Gasteiger charge is 2.26. The highest BCUT2D eigenvalue weighted by molar-refractivity contribution is 9.11. The van der Waals surface area contributed by atoms with Crippen molar-refractivity contribution in [2.75, 3.05) is 12.0 Å². The maximum Gasteiger partial charge on any atom is 0.328 e. The summed E-state index contributed by atoms with van der Waals surface area (Å²) in [5, 5.41) is 0. The summed E-state index contributed by atoms with van der Waals surface area (Å²) < 4.78 is 7.00. The Bertz CT molecular complexity index is 972. The van der Waals surface area contributed by atoms with E-state index in [1.54, 1.807) is 18.1 Å². The van der Waals surface area contributed by atoms with E-state index in [4.69, 9.17) is 4.74 Å². The van der Waals surface area contributed by atoms with Gasteiger partial charge in [-0.25, -0.2) is 4.79 Å². The first-order valence-corrected chi connectivity index (χ1v) is 8.02. The zero-order valence-corrected chi connectivity index (χ0v) is 14.9. The van der Waals surface area contributed by atoms with Gasteiger partial charge in [0, 0.05) is 13.6 Å². The average molecular weight is 390 g/mol. The third-order valence-corrected chi connectivity index (χ3v) is 4.55. The van der Waals surface area contributed by atoms with Crippen molar-refractivity contribution in [2.45, 2.75) is 6.54 Å². The Morgan fingerprint density at radius 2 is 2.08 bits per heavy atom. The molecular formula is C17H16BrN3O3. The number of benzene rings is 1. The quantitative estimate of drug-likeness (QED) is 0.818. The van der Waals surface area contributed by atoms with Crippen molar-refractivity contribution in [3.63, 3.8) is 0 Å². The molecule has 0 saturated carbocycles. The number of anilines is 1. The number of nitrogens with one attached hydrogen (secondary N) is 1. The summed E-state index contributed by atoms with van der Waals surface area (Å²) in [6.45, 7) is 4.36. The maximum absolute atomic E-state index is 12.6. The van der Waals surface area contributed by atoms with Gasteiger partial charge in [0.15, 0.2) is 0 Å². The fraction of sp³-hybridized carbons (Fsp3) is 0.176. The molecule has 0 saturated heterocycles. The lowest BCUT2D eigenvalue weighted by molar-refractivity contribution is 0.414. The molecule has 0 spiro atoms. The number of aromatic amines is 1. The first-order valence-electron chi connectivity index (χ1n) is 7.22. The zero-order chi connectivity index (χ0) is 17.4. The number of ether oxygens (including phenoxy) is 1. The molecule has 1 N–H and O–H groups in total. The second-order valence-electron chi connectivity index (χ2n) is 5.45. The van der Waals surface area contributed by atoms with E-state index >= 15 is 0 Å². The molecule has 0 bridgehead atoms. The zero-order valence-electron chi connectivity index (χ0n) is 13.3. The number of allylic oxidation sites excluding steroid dienone is 2. The molecular weight excluding hydrogens is 374 g/mol. The van der Waals surface area contributed by atoms with Crippen LogP contribution in [0, 0.1) is 0 Å². The van der Waals surface area contributed by atoms with Gasteiger partial charge in [0.1, 0.15) is 11.4 Å². The topological polar surface area (TPSA) is 67.3 Å². The lowest BCUT2D eigenvalue weighted by Crippen LogP contribution is -2.40. The van der Waals surface area contributed by atoms with Gasteiger partial charge in [-0.05, 0) is 45.3 Å². The number of aromatic nitrogens is 2. The van der Waals surface area contributed by atoms with Gasteiger partial charge >= 0.3 is 5.69 Å². The second-order valence-corrected chi connectivity index (χ2v) is 6.26. The Labute approximate surface area is 146 Å². The second kappa shape index (κ2) is 6.16. The SMILES string of the molecule is C=C1C=C(Br)N(Cc2cccc(OC)c2)c2c1[nH]c(=O)n(C)c2=O. The summed E-state index contributed by atoms with van der Waals surface area (Å²) in [5.74, 6) is 0.739. The predicted octanol–water partition coefficient (Wildman–Crippen LogP) is 2.35. The molecule has 1 aliphatic heterocycles. The minimum absolute atomic E-state index is 0.372. The molecule has 6 nitrogen and oxygen atoms in total. The molecule has 2 aromatic rings. The van der Waals surface area contributed by atoms with Crippen LogP contribution in [0.3, 0.4) is 0 Å². The van der Waals surface area contributed by atoms with E-state index in [1.165, 1.54) is 7.05 Å². The first kappa shape index (κ1) is 16.3. The minimum Gasteiger partial charge on any atom is -0.497 e. The summed E-state index contributed by atoms with van der Waals surface area (Å²) in [6.07, 6.45) is 1.78. The molecule has 0 amide bonds. The largest absolute Gasteiger partial charge is 0.497 e. The Kier molecular flexibility index (Phi) is 4.19. The summed E-state index contributed by atoms with van der Waals surface area (Å²) in [6, 6.07) is 7.60. The van der Waals surface area contributed by atoms with Gasteiger partial charge in [-0.15, -0.1) is 0 Å². The van der Waals surface area contributed by atoms with Crippen LogP contribution in [0.2, 0.25) is 0 Å². The highest BCUT2D eigenvalue weighted by Crippen LogP contribution is 2.34. The van der Waals surface area contributed by atoms with Crippen LogP contribution in [0.1, 0.15) is 11.3 Å². The number of halogens is 1. The molecule has 3 rings (SSSR count). The Hall–Kier alpha value is -2.54. The van der Waals surface area contributed by atoms with Crippen molar-refractivity contribution in [3.8, 4) is 5.75 Å². The molecule has 0 radical (unpaired) electrons. The van der Waals surface area contributed by atoms with Crippen LogP contribution in [0.25, 0.3) is 5.57 Å². The van der Waals surface area contributed by atoms with Gasteiger partial charge in [0.25, 0.3) is 5.56 Å². The van der Waals surface area contributed by atoms with Crippen molar-refractivity contribution in [1.29, 1.82) is 0 Å². The van der Waals surface area contributed by atoms with E-state index in [2.05, 4.69) is 27.5 Å². The number of hydrogen-bond donors (Lipinski definition) is 1. The molecule has 124 valence electrons. The smallest absolute Gasteiger partial charge is 0.328 e. The van der Waals surface area contributed by atoms with Crippen LogP contribution < -0.4 is 20.9 Å².